The highest BCUT2D eigenvalue weighted by Gasteiger charge is 2.42. The quantitative estimate of drug-likeness (QED) is 0.867. The van der Waals surface area contributed by atoms with Crippen LogP contribution in [0.3, 0.4) is 0 Å². The molecule has 1 aromatic carbocycles. The van der Waals surface area contributed by atoms with Crippen LogP contribution in [-0.4, -0.2) is 33.9 Å². The van der Waals surface area contributed by atoms with E-state index in [1.165, 1.54) is 18.4 Å². The van der Waals surface area contributed by atoms with Gasteiger partial charge in [0.15, 0.2) is 0 Å². The topological polar surface area (TPSA) is 46.1 Å². The van der Waals surface area contributed by atoms with Crippen molar-refractivity contribution < 1.29 is 4.79 Å². The number of nitrogens with zero attached hydrogens (tertiary/aromatic N) is 3. The smallest absolute Gasteiger partial charge is 0.257 e. The lowest BCUT2D eigenvalue weighted by molar-refractivity contribution is 0.0777. The number of likely N-dealkylation sites (tertiary alicyclic amines) is 1. The molecule has 2 heterocycles. The fraction of sp³-hybridized carbons (Fsp3) is 0.450. The normalized spacial score (nSPS) is 22.6. The number of aromatic nitrogens is 2. The minimum Gasteiger partial charge on any atom is -0.337 e. The van der Waals surface area contributed by atoms with Crippen LogP contribution in [0.5, 0.6) is 0 Å². The molecular weight excluding hydrogens is 298 g/mol. The second-order valence-corrected chi connectivity index (χ2v) is 7.74. The third-order valence-corrected chi connectivity index (χ3v) is 5.30. The van der Waals surface area contributed by atoms with Crippen molar-refractivity contribution in [2.75, 3.05) is 13.1 Å². The van der Waals surface area contributed by atoms with Crippen LogP contribution in [0, 0.1) is 5.41 Å². The molecule has 0 N–H and O–H groups in total. The first-order chi connectivity index (χ1) is 11.5. The van der Waals surface area contributed by atoms with E-state index in [-0.39, 0.29) is 11.3 Å². The molecule has 0 radical (unpaired) electrons. The van der Waals surface area contributed by atoms with Gasteiger partial charge in [-0.2, -0.15) is 0 Å². The average Bonchev–Trinajstić information content (AvgIpc) is 3.39. The molecule has 124 valence electrons. The Bertz CT molecular complexity index is 735. The summed E-state index contributed by atoms with van der Waals surface area (Å²) in [5.41, 5.74) is 1.97. The van der Waals surface area contributed by atoms with E-state index in [1.807, 2.05) is 11.0 Å². The first-order valence-corrected chi connectivity index (χ1v) is 8.71. The predicted octanol–water partition coefficient (Wildman–Crippen LogP) is 3.62. The highest BCUT2D eigenvalue weighted by Crippen LogP contribution is 2.42. The summed E-state index contributed by atoms with van der Waals surface area (Å²) in [6.45, 7) is 5.99. The predicted molar refractivity (Wildman–Crippen MR) is 92.9 cm³/mol. The molecule has 2 aliphatic rings. The molecule has 1 saturated heterocycles. The summed E-state index contributed by atoms with van der Waals surface area (Å²) in [7, 11) is 0. The van der Waals surface area contributed by atoms with E-state index in [9.17, 15) is 4.79 Å². The van der Waals surface area contributed by atoms with E-state index >= 15 is 0 Å². The van der Waals surface area contributed by atoms with Gasteiger partial charge < -0.3 is 4.90 Å². The Hall–Kier alpha value is -2.23. The summed E-state index contributed by atoms with van der Waals surface area (Å²) in [6.07, 6.45) is 5.75. The van der Waals surface area contributed by atoms with Crippen LogP contribution < -0.4 is 0 Å². The number of benzene rings is 1. The van der Waals surface area contributed by atoms with Crippen LogP contribution in [0.25, 0.3) is 0 Å². The lowest BCUT2D eigenvalue weighted by Gasteiger charge is -2.25. The first-order valence-electron chi connectivity index (χ1n) is 8.71. The molecule has 1 amide bonds. The van der Waals surface area contributed by atoms with Gasteiger partial charge in [0.05, 0.1) is 5.56 Å². The monoisotopic (exact) mass is 321 g/mol. The van der Waals surface area contributed by atoms with Crippen molar-refractivity contribution in [2.45, 2.75) is 38.5 Å². The van der Waals surface area contributed by atoms with E-state index in [0.717, 1.165) is 18.9 Å². The van der Waals surface area contributed by atoms with E-state index in [4.69, 9.17) is 0 Å². The van der Waals surface area contributed by atoms with Crippen LogP contribution in [0.4, 0.5) is 0 Å². The van der Waals surface area contributed by atoms with Gasteiger partial charge in [0.2, 0.25) is 0 Å². The Kier molecular flexibility index (Phi) is 3.63. The number of carbonyl (C=O) groups is 1. The molecule has 1 saturated carbocycles. The second kappa shape index (κ2) is 5.69. The summed E-state index contributed by atoms with van der Waals surface area (Å²) in [5.74, 6) is 1.80. The molecule has 4 nitrogen and oxygen atoms in total. The molecule has 1 aliphatic carbocycles. The summed E-state index contributed by atoms with van der Waals surface area (Å²) in [6, 6.07) is 10.5. The summed E-state index contributed by atoms with van der Waals surface area (Å²) < 4.78 is 0. The van der Waals surface area contributed by atoms with Crippen LogP contribution in [0.15, 0.2) is 42.7 Å². The van der Waals surface area contributed by atoms with Crippen molar-refractivity contribution in [3.05, 3.63) is 59.7 Å². The molecule has 0 spiro atoms. The van der Waals surface area contributed by atoms with Crippen molar-refractivity contribution in [1.82, 2.24) is 14.9 Å². The maximum Gasteiger partial charge on any atom is 0.257 e. The standard InChI is InChI=1S/C20H23N3O/c1-20(2)13-23(12-17(20)14-6-4-3-5-7-14)19(24)16-10-21-18(22-11-16)15-8-9-15/h3-7,10-11,15,17H,8-9,12-13H2,1-2H3. The average molecular weight is 321 g/mol. The van der Waals surface area contributed by atoms with Gasteiger partial charge in [0, 0.05) is 37.3 Å². The molecule has 4 rings (SSSR count). The molecule has 1 atom stereocenters. The maximum absolute atomic E-state index is 12.9. The lowest BCUT2D eigenvalue weighted by Crippen LogP contribution is -2.30. The fourth-order valence-electron chi connectivity index (χ4n) is 3.71. The van der Waals surface area contributed by atoms with Crippen molar-refractivity contribution in [1.29, 1.82) is 0 Å². The van der Waals surface area contributed by atoms with Crippen LogP contribution >= 0.6 is 0 Å². The second-order valence-electron chi connectivity index (χ2n) is 7.74. The van der Waals surface area contributed by atoms with Gasteiger partial charge in [-0.05, 0) is 23.8 Å². The van der Waals surface area contributed by atoms with Gasteiger partial charge in [0.25, 0.3) is 5.91 Å². The third kappa shape index (κ3) is 2.81. The van der Waals surface area contributed by atoms with Crippen molar-refractivity contribution in [3.8, 4) is 0 Å². The van der Waals surface area contributed by atoms with Gasteiger partial charge >= 0.3 is 0 Å². The SMILES string of the molecule is CC1(C)CN(C(=O)c2cnc(C3CC3)nc2)CC1c1ccccc1. The number of carbonyl (C=O) groups excluding carboxylic acids is 1. The molecule has 2 fully saturated rings. The van der Waals surface area contributed by atoms with Crippen molar-refractivity contribution >= 4 is 5.91 Å². The maximum atomic E-state index is 12.9. The van der Waals surface area contributed by atoms with Crippen LogP contribution in [0.2, 0.25) is 0 Å². The number of amides is 1. The molecule has 1 unspecified atom stereocenters. The number of hydrogen-bond acceptors (Lipinski definition) is 3. The zero-order chi connectivity index (χ0) is 16.7. The van der Waals surface area contributed by atoms with Gasteiger partial charge in [-0.3, -0.25) is 4.79 Å². The van der Waals surface area contributed by atoms with Crippen molar-refractivity contribution in [3.63, 3.8) is 0 Å². The van der Waals surface area contributed by atoms with E-state index in [2.05, 4.69) is 48.1 Å². The molecule has 1 aromatic heterocycles. The molecule has 2 aromatic rings. The summed E-state index contributed by atoms with van der Waals surface area (Å²) >= 11 is 0. The zero-order valence-electron chi connectivity index (χ0n) is 14.3. The van der Waals surface area contributed by atoms with Crippen molar-refractivity contribution in [2.24, 2.45) is 5.41 Å². The molecule has 4 heteroatoms. The van der Waals surface area contributed by atoms with Crippen LogP contribution in [0.1, 0.15) is 60.3 Å². The Balaban J connectivity index is 1.53. The highest BCUT2D eigenvalue weighted by molar-refractivity contribution is 5.94. The van der Waals surface area contributed by atoms with Gasteiger partial charge in [-0.1, -0.05) is 44.2 Å². The minimum absolute atomic E-state index is 0.0452. The molecule has 1 aliphatic heterocycles. The van der Waals surface area contributed by atoms with E-state index < -0.39 is 0 Å². The van der Waals surface area contributed by atoms with Gasteiger partial charge in [0.1, 0.15) is 5.82 Å². The zero-order valence-corrected chi connectivity index (χ0v) is 14.3. The molecule has 0 bridgehead atoms. The minimum atomic E-state index is 0.0452. The third-order valence-electron chi connectivity index (χ3n) is 5.30. The Morgan fingerprint density at radius 2 is 1.79 bits per heavy atom. The van der Waals surface area contributed by atoms with Crippen LogP contribution in [-0.2, 0) is 0 Å². The Morgan fingerprint density at radius 3 is 2.42 bits per heavy atom. The lowest BCUT2D eigenvalue weighted by atomic mass is 9.78. The number of hydrogen-bond donors (Lipinski definition) is 0. The molecule has 24 heavy (non-hydrogen) atoms. The Labute approximate surface area is 142 Å². The summed E-state index contributed by atoms with van der Waals surface area (Å²) in [4.78, 5) is 23.6. The Morgan fingerprint density at radius 1 is 1.12 bits per heavy atom. The van der Waals surface area contributed by atoms with Gasteiger partial charge in [-0.25, -0.2) is 9.97 Å². The van der Waals surface area contributed by atoms with Gasteiger partial charge in [-0.15, -0.1) is 0 Å². The van der Waals surface area contributed by atoms with E-state index in [1.54, 1.807) is 12.4 Å². The van der Waals surface area contributed by atoms with E-state index in [0.29, 0.717) is 17.4 Å². The fourth-order valence-corrected chi connectivity index (χ4v) is 3.71. The molecular formula is C20H23N3O. The summed E-state index contributed by atoms with van der Waals surface area (Å²) in [5, 5.41) is 0. The number of rotatable bonds is 3. The largest absolute Gasteiger partial charge is 0.337 e. The highest BCUT2D eigenvalue weighted by atomic mass is 16.2. The first kappa shape index (κ1) is 15.3.